The van der Waals surface area contributed by atoms with Gasteiger partial charge in [-0.2, -0.15) is 0 Å². The highest BCUT2D eigenvalue weighted by atomic mass is 32.1. The summed E-state index contributed by atoms with van der Waals surface area (Å²) in [7, 11) is 1.61. The molecular formula is C19H23N3O2S. The van der Waals surface area contributed by atoms with E-state index in [4.69, 9.17) is 17.0 Å². The van der Waals surface area contributed by atoms with E-state index in [1.807, 2.05) is 43.3 Å². The van der Waals surface area contributed by atoms with Gasteiger partial charge in [-0.1, -0.05) is 37.3 Å². The Hall–Kier alpha value is -2.60. The molecule has 0 unspecified atom stereocenters. The summed E-state index contributed by atoms with van der Waals surface area (Å²) in [6, 6.07) is 13.5. The van der Waals surface area contributed by atoms with Gasteiger partial charge in [0.1, 0.15) is 5.75 Å². The second kappa shape index (κ2) is 9.03. The molecule has 25 heavy (non-hydrogen) atoms. The van der Waals surface area contributed by atoms with Crippen LogP contribution in [0, 0.1) is 6.92 Å². The van der Waals surface area contributed by atoms with Gasteiger partial charge in [0.2, 0.25) is 5.91 Å². The van der Waals surface area contributed by atoms with Gasteiger partial charge in [-0.25, -0.2) is 0 Å². The SMILES string of the molecule is CCc1cccc(C)c1NC(=S)NNC(=O)Cc1ccc(OC)cc1. The van der Waals surface area contributed by atoms with Crippen molar-refractivity contribution >= 4 is 28.9 Å². The van der Waals surface area contributed by atoms with Crippen molar-refractivity contribution < 1.29 is 9.53 Å². The molecule has 0 aliphatic rings. The predicted octanol–water partition coefficient (Wildman–Crippen LogP) is 3.13. The van der Waals surface area contributed by atoms with E-state index in [2.05, 4.69) is 29.2 Å². The highest BCUT2D eigenvalue weighted by Gasteiger charge is 2.08. The molecule has 132 valence electrons. The average Bonchev–Trinajstić information content (AvgIpc) is 2.62. The van der Waals surface area contributed by atoms with E-state index in [9.17, 15) is 4.79 Å². The molecule has 6 heteroatoms. The Kier molecular flexibility index (Phi) is 6.77. The number of methoxy groups -OCH3 is 1. The standard InChI is InChI=1S/C19H23N3O2S/c1-4-15-7-5-6-13(2)18(15)20-19(25)22-21-17(23)12-14-8-10-16(24-3)11-9-14/h5-11H,4,12H2,1-3H3,(H,21,23)(H2,20,22,25). The van der Waals surface area contributed by atoms with E-state index >= 15 is 0 Å². The molecule has 0 aromatic heterocycles. The number of aryl methyl sites for hydroxylation is 2. The molecule has 3 N–H and O–H groups in total. The molecule has 0 fully saturated rings. The third kappa shape index (κ3) is 5.46. The van der Waals surface area contributed by atoms with Crippen LogP contribution >= 0.6 is 12.2 Å². The van der Waals surface area contributed by atoms with Crippen molar-refractivity contribution in [1.82, 2.24) is 10.9 Å². The maximum Gasteiger partial charge on any atom is 0.242 e. The van der Waals surface area contributed by atoms with E-state index in [0.29, 0.717) is 5.11 Å². The average molecular weight is 357 g/mol. The molecule has 0 saturated heterocycles. The van der Waals surface area contributed by atoms with Crippen LogP contribution in [0.5, 0.6) is 5.75 Å². The topological polar surface area (TPSA) is 62.4 Å². The van der Waals surface area contributed by atoms with Crippen molar-refractivity contribution in [2.75, 3.05) is 12.4 Å². The van der Waals surface area contributed by atoms with Gasteiger partial charge in [0.25, 0.3) is 0 Å². The Bertz CT molecular complexity index is 745. The number of hydrogen-bond donors (Lipinski definition) is 3. The number of ether oxygens (including phenoxy) is 1. The normalized spacial score (nSPS) is 10.0. The van der Waals surface area contributed by atoms with Crippen molar-refractivity contribution in [3.63, 3.8) is 0 Å². The monoisotopic (exact) mass is 357 g/mol. The molecule has 2 aromatic carbocycles. The summed E-state index contributed by atoms with van der Waals surface area (Å²) in [5.74, 6) is 0.590. The number of thiocarbonyl (C=S) groups is 1. The van der Waals surface area contributed by atoms with Gasteiger partial charge in [0.15, 0.2) is 5.11 Å². The Morgan fingerprint density at radius 1 is 1.12 bits per heavy atom. The smallest absolute Gasteiger partial charge is 0.242 e. The van der Waals surface area contributed by atoms with E-state index < -0.39 is 0 Å². The minimum Gasteiger partial charge on any atom is -0.497 e. The molecule has 0 saturated carbocycles. The molecule has 0 aliphatic heterocycles. The molecule has 0 bridgehead atoms. The molecule has 0 aliphatic carbocycles. The van der Waals surface area contributed by atoms with Gasteiger partial charge in [0, 0.05) is 5.69 Å². The van der Waals surface area contributed by atoms with Crippen LogP contribution in [0.3, 0.4) is 0 Å². The van der Waals surface area contributed by atoms with Crippen molar-refractivity contribution in [1.29, 1.82) is 0 Å². The van der Waals surface area contributed by atoms with Gasteiger partial charge in [-0.3, -0.25) is 15.6 Å². The predicted molar refractivity (Wildman–Crippen MR) is 105 cm³/mol. The Morgan fingerprint density at radius 3 is 2.48 bits per heavy atom. The van der Waals surface area contributed by atoms with Crippen LogP contribution in [0.4, 0.5) is 5.69 Å². The lowest BCUT2D eigenvalue weighted by Gasteiger charge is -2.16. The summed E-state index contributed by atoms with van der Waals surface area (Å²) in [5, 5.41) is 3.51. The summed E-state index contributed by atoms with van der Waals surface area (Å²) in [4.78, 5) is 12.0. The van der Waals surface area contributed by atoms with Crippen LogP contribution < -0.4 is 20.9 Å². The highest BCUT2D eigenvalue weighted by Crippen LogP contribution is 2.20. The lowest BCUT2D eigenvalue weighted by molar-refractivity contribution is -0.120. The van der Waals surface area contributed by atoms with Crippen LogP contribution in [-0.4, -0.2) is 18.1 Å². The number of carbonyl (C=O) groups is 1. The lowest BCUT2D eigenvalue weighted by atomic mass is 10.1. The number of rotatable bonds is 5. The summed E-state index contributed by atoms with van der Waals surface area (Å²) < 4.78 is 5.10. The minimum absolute atomic E-state index is 0.171. The molecule has 0 heterocycles. The highest BCUT2D eigenvalue weighted by molar-refractivity contribution is 7.80. The number of para-hydroxylation sites is 1. The van der Waals surface area contributed by atoms with Gasteiger partial charge in [0.05, 0.1) is 13.5 Å². The summed E-state index contributed by atoms with van der Waals surface area (Å²) in [6.45, 7) is 4.11. The molecule has 5 nitrogen and oxygen atoms in total. The number of hydrazine groups is 1. The number of benzene rings is 2. The molecule has 1 amide bonds. The maximum absolute atomic E-state index is 12.0. The first-order valence-corrected chi connectivity index (χ1v) is 8.51. The van der Waals surface area contributed by atoms with Crippen molar-refractivity contribution in [2.45, 2.75) is 26.7 Å². The van der Waals surface area contributed by atoms with E-state index in [0.717, 1.165) is 29.0 Å². The first-order chi connectivity index (χ1) is 12.0. The van der Waals surface area contributed by atoms with Crippen LogP contribution in [0.1, 0.15) is 23.6 Å². The number of carbonyl (C=O) groups excluding carboxylic acids is 1. The fourth-order valence-corrected chi connectivity index (χ4v) is 2.60. The molecule has 2 rings (SSSR count). The first-order valence-electron chi connectivity index (χ1n) is 8.10. The molecule has 0 radical (unpaired) electrons. The first kappa shape index (κ1) is 18.7. The second-order valence-electron chi connectivity index (χ2n) is 5.61. The molecule has 0 atom stereocenters. The molecular weight excluding hydrogens is 334 g/mol. The van der Waals surface area contributed by atoms with Gasteiger partial charge < -0.3 is 10.1 Å². The van der Waals surface area contributed by atoms with Crippen LogP contribution in [0.25, 0.3) is 0 Å². The van der Waals surface area contributed by atoms with Gasteiger partial charge in [-0.05, 0) is 54.4 Å². The fourth-order valence-electron chi connectivity index (χ4n) is 2.45. The second-order valence-corrected chi connectivity index (χ2v) is 6.02. The third-order valence-electron chi connectivity index (χ3n) is 3.82. The number of nitrogens with one attached hydrogen (secondary N) is 3. The van der Waals surface area contributed by atoms with Crippen molar-refractivity contribution in [3.8, 4) is 5.75 Å². The Balaban J connectivity index is 1.86. The van der Waals surface area contributed by atoms with E-state index in [1.54, 1.807) is 7.11 Å². The zero-order chi connectivity index (χ0) is 18.2. The summed E-state index contributed by atoms with van der Waals surface area (Å²) in [5.41, 5.74) is 9.51. The van der Waals surface area contributed by atoms with Crippen molar-refractivity contribution in [2.24, 2.45) is 0 Å². The quantitative estimate of drug-likeness (QED) is 0.567. The van der Waals surface area contributed by atoms with Crippen LogP contribution in [0.2, 0.25) is 0 Å². The summed E-state index contributed by atoms with van der Waals surface area (Å²) >= 11 is 5.27. The number of anilines is 1. The van der Waals surface area contributed by atoms with Crippen LogP contribution in [0.15, 0.2) is 42.5 Å². The zero-order valence-corrected chi connectivity index (χ0v) is 15.5. The fraction of sp³-hybridized carbons (Fsp3) is 0.263. The van der Waals surface area contributed by atoms with Gasteiger partial charge in [-0.15, -0.1) is 0 Å². The number of amides is 1. The van der Waals surface area contributed by atoms with Crippen LogP contribution in [-0.2, 0) is 17.6 Å². The largest absolute Gasteiger partial charge is 0.497 e. The van der Waals surface area contributed by atoms with Gasteiger partial charge >= 0.3 is 0 Å². The van der Waals surface area contributed by atoms with Crippen molar-refractivity contribution in [3.05, 3.63) is 59.2 Å². The minimum atomic E-state index is -0.171. The Labute approximate surface area is 153 Å². The Morgan fingerprint density at radius 2 is 1.84 bits per heavy atom. The maximum atomic E-state index is 12.0. The zero-order valence-electron chi connectivity index (χ0n) is 14.7. The van der Waals surface area contributed by atoms with E-state index in [1.165, 1.54) is 5.56 Å². The van der Waals surface area contributed by atoms with E-state index in [-0.39, 0.29) is 12.3 Å². The summed E-state index contributed by atoms with van der Waals surface area (Å²) in [6.07, 6.45) is 1.15. The lowest BCUT2D eigenvalue weighted by Crippen LogP contribution is -2.44. The molecule has 0 spiro atoms. The third-order valence-corrected chi connectivity index (χ3v) is 4.02. The molecule has 2 aromatic rings. The number of hydrogen-bond acceptors (Lipinski definition) is 3.